The van der Waals surface area contributed by atoms with Crippen LogP contribution in [0.25, 0.3) is 0 Å². The van der Waals surface area contributed by atoms with E-state index in [1.54, 1.807) is 18.2 Å². The van der Waals surface area contributed by atoms with Gasteiger partial charge in [-0.2, -0.15) is 0 Å². The molecule has 0 aliphatic carbocycles. The predicted octanol–water partition coefficient (Wildman–Crippen LogP) is 1.43. The van der Waals surface area contributed by atoms with Gasteiger partial charge in [-0.1, -0.05) is 15.9 Å². The molecule has 0 fully saturated rings. The third kappa shape index (κ3) is 3.01. The Kier molecular flexibility index (Phi) is 4.44. The zero-order valence-corrected chi connectivity index (χ0v) is 9.94. The molecule has 0 saturated heterocycles. The lowest BCUT2D eigenvalue weighted by Gasteiger charge is -2.05. The van der Waals surface area contributed by atoms with Gasteiger partial charge in [-0.3, -0.25) is 4.79 Å². The van der Waals surface area contributed by atoms with Crippen molar-refractivity contribution in [2.75, 3.05) is 13.1 Å². The molecule has 1 aromatic rings. The minimum Gasteiger partial charge on any atom is -0.351 e. The molecule has 0 aliphatic rings. The molecule has 0 aromatic heterocycles. The van der Waals surface area contributed by atoms with E-state index in [0.29, 0.717) is 23.5 Å². The van der Waals surface area contributed by atoms with Crippen LogP contribution >= 0.6 is 28.6 Å². The third-order valence-electron chi connectivity index (χ3n) is 1.63. The average Bonchev–Trinajstić information content (AvgIpc) is 2.14. The largest absolute Gasteiger partial charge is 0.351 e. The number of hydrogen-bond acceptors (Lipinski definition) is 3. The first-order chi connectivity index (χ1) is 6.65. The Labute approximate surface area is 96.6 Å². The molecule has 14 heavy (non-hydrogen) atoms. The fourth-order valence-corrected chi connectivity index (χ4v) is 1.83. The molecular formula is C9H11BrN2OS. The van der Waals surface area contributed by atoms with Gasteiger partial charge in [0.1, 0.15) is 0 Å². The first-order valence-electron chi connectivity index (χ1n) is 4.12. The highest BCUT2D eigenvalue weighted by Crippen LogP contribution is 2.19. The fraction of sp³-hybridized carbons (Fsp3) is 0.222. The van der Waals surface area contributed by atoms with Crippen molar-refractivity contribution in [3.63, 3.8) is 0 Å². The summed E-state index contributed by atoms with van der Waals surface area (Å²) in [5.74, 6) is -0.145. The van der Waals surface area contributed by atoms with Gasteiger partial charge in [0, 0.05) is 22.5 Å². The van der Waals surface area contributed by atoms with E-state index < -0.39 is 0 Å². The maximum absolute atomic E-state index is 11.5. The number of hydrogen-bond donors (Lipinski definition) is 3. The lowest BCUT2D eigenvalue weighted by atomic mass is 10.2. The maximum Gasteiger partial charge on any atom is 0.252 e. The van der Waals surface area contributed by atoms with Crippen LogP contribution in [0, 0.1) is 0 Å². The Morgan fingerprint density at radius 3 is 2.86 bits per heavy atom. The van der Waals surface area contributed by atoms with E-state index in [1.165, 1.54) is 0 Å². The van der Waals surface area contributed by atoms with Crippen molar-refractivity contribution in [3.05, 3.63) is 28.2 Å². The van der Waals surface area contributed by atoms with Gasteiger partial charge in [-0.25, -0.2) is 0 Å². The van der Waals surface area contributed by atoms with Crippen molar-refractivity contribution in [1.29, 1.82) is 0 Å². The molecule has 0 unspecified atom stereocenters. The van der Waals surface area contributed by atoms with E-state index in [9.17, 15) is 4.79 Å². The van der Waals surface area contributed by atoms with Crippen molar-refractivity contribution in [3.8, 4) is 0 Å². The molecule has 1 aromatic carbocycles. The second kappa shape index (κ2) is 5.38. The van der Waals surface area contributed by atoms with Crippen LogP contribution in [0.5, 0.6) is 0 Å². The Bertz CT molecular complexity index is 344. The number of thiol groups is 1. The second-order valence-corrected chi connectivity index (χ2v) is 4.10. The van der Waals surface area contributed by atoms with E-state index in [2.05, 4.69) is 33.9 Å². The van der Waals surface area contributed by atoms with Gasteiger partial charge in [-0.05, 0) is 18.2 Å². The molecule has 0 aliphatic heterocycles. The van der Waals surface area contributed by atoms with Crippen molar-refractivity contribution >= 4 is 34.5 Å². The Hall–Kier alpha value is -0.520. The molecule has 1 amide bonds. The van der Waals surface area contributed by atoms with Gasteiger partial charge >= 0.3 is 0 Å². The van der Waals surface area contributed by atoms with Crippen molar-refractivity contribution in [1.82, 2.24) is 5.32 Å². The van der Waals surface area contributed by atoms with E-state index in [4.69, 9.17) is 5.73 Å². The summed E-state index contributed by atoms with van der Waals surface area (Å²) in [5, 5.41) is 2.68. The molecule has 3 nitrogen and oxygen atoms in total. The maximum atomic E-state index is 11.5. The molecular weight excluding hydrogens is 264 g/mol. The summed E-state index contributed by atoms with van der Waals surface area (Å²) >= 11 is 7.50. The lowest BCUT2D eigenvalue weighted by Crippen LogP contribution is -2.29. The second-order valence-electron chi connectivity index (χ2n) is 2.71. The van der Waals surface area contributed by atoms with Crippen molar-refractivity contribution in [2.24, 2.45) is 5.73 Å². The van der Waals surface area contributed by atoms with Crippen LogP contribution in [0.4, 0.5) is 0 Å². The van der Waals surface area contributed by atoms with Gasteiger partial charge in [0.2, 0.25) is 0 Å². The zero-order chi connectivity index (χ0) is 10.6. The van der Waals surface area contributed by atoms with E-state index in [-0.39, 0.29) is 5.91 Å². The Morgan fingerprint density at radius 2 is 2.29 bits per heavy atom. The fourth-order valence-electron chi connectivity index (χ4n) is 0.978. The smallest absolute Gasteiger partial charge is 0.252 e. The molecule has 3 N–H and O–H groups in total. The molecule has 0 atom stereocenters. The monoisotopic (exact) mass is 274 g/mol. The zero-order valence-electron chi connectivity index (χ0n) is 7.46. The number of carbonyl (C=O) groups is 1. The minimum absolute atomic E-state index is 0.145. The Morgan fingerprint density at radius 1 is 1.57 bits per heavy atom. The van der Waals surface area contributed by atoms with Crippen LogP contribution in [-0.4, -0.2) is 19.0 Å². The van der Waals surface area contributed by atoms with E-state index in [0.717, 1.165) is 4.47 Å². The molecule has 1 rings (SSSR count). The summed E-state index contributed by atoms with van der Waals surface area (Å²) in [6.07, 6.45) is 0. The number of halogens is 1. The van der Waals surface area contributed by atoms with Gasteiger partial charge in [0.05, 0.1) is 5.56 Å². The number of nitrogens with two attached hydrogens (primary N) is 1. The number of carbonyl (C=O) groups excluding carboxylic acids is 1. The average molecular weight is 275 g/mol. The highest BCUT2D eigenvalue weighted by atomic mass is 79.9. The van der Waals surface area contributed by atoms with Crippen LogP contribution in [0.3, 0.4) is 0 Å². The SMILES string of the molecule is NCCNC(=O)c1ccc(Br)cc1S. The van der Waals surface area contributed by atoms with Crippen LogP contribution in [0.15, 0.2) is 27.6 Å². The van der Waals surface area contributed by atoms with Crippen LogP contribution in [0.2, 0.25) is 0 Å². The molecule has 0 bridgehead atoms. The lowest BCUT2D eigenvalue weighted by molar-refractivity contribution is 0.0952. The van der Waals surface area contributed by atoms with Crippen LogP contribution in [0.1, 0.15) is 10.4 Å². The highest BCUT2D eigenvalue weighted by molar-refractivity contribution is 9.10. The van der Waals surface area contributed by atoms with Gasteiger partial charge in [-0.15, -0.1) is 12.6 Å². The first kappa shape index (κ1) is 11.6. The van der Waals surface area contributed by atoms with Gasteiger partial charge in [0.25, 0.3) is 5.91 Å². The quantitative estimate of drug-likeness (QED) is 0.731. The summed E-state index contributed by atoms with van der Waals surface area (Å²) in [6, 6.07) is 5.30. The van der Waals surface area contributed by atoms with Crippen molar-refractivity contribution < 1.29 is 4.79 Å². The summed E-state index contributed by atoms with van der Waals surface area (Å²) in [6.45, 7) is 0.909. The minimum atomic E-state index is -0.145. The summed E-state index contributed by atoms with van der Waals surface area (Å²) in [4.78, 5) is 12.2. The topological polar surface area (TPSA) is 55.1 Å². The van der Waals surface area contributed by atoms with Gasteiger partial charge < -0.3 is 11.1 Å². The molecule has 0 saturated carbocycles. The molecule has 0 spiro atoms. The summed E-state index contributed by atoms with van der Waals surface area (Å²) in [7, 11) is 0. The van der Waals surface area contributed by atoms with Crippen molar-refractivity contribution in [2.45, 2.75) is 4.90 Å². The van der Waals surface area contributed by atoms with Crippen LogP contribution < -0.4 is 11.1 Å². The Balaban J connectivity index is 2.80. The summed E-state index contributed by atoms with van der Waals surface area (Å²) < 4.78 is 0.901. The first-order valence-corrected chi connectivity index (χ1v) is 5.36. The number of benzene rings is 1. The number of amides is 1. The number of rotatable bonds is 3. The molecule has 5 heteroatoms. The normalized spacial score (nSPS) is 9.93. The standard InChI is InChI=1S/C9H11BrN2OS/c10-6-1-2-7(8(14)5-6)9(13)12-4-3-11/h1-2,5,14H,3-4,11H2,(H,12,13). The highest BCUT2D eigenvalue weighted by Gasteiger charge is 2.08. The molecule has 0 radical (unpaired) electrons. The molecule has 76 valence electrons. The predicted molar refractivity (Wildman–Crippen MR) is 62.8 cm³/mol. The van der Waals surface area contributed by atoms with E-state index in [1.807, 2.05) is 0 Å². The summed E-state index contributed by atoms with van der Waals surface area (Å²) in [5.41, 5.74) is 5.84. The molecule has 0 heterocycles. The van der Waals surface area contributed by atoms with Crippen LogP contribution in [-0.2, 0) is 0 Å². The van der Waals surface area contributed by atoms with E-state index >= 15 is 0 Å². The third-order valence-corrected chi connectivity index (χ3v) is 2.50. The number of nitrogens with one attached hydrogen (secondary N) is 1. The van der Waals surface area contributed by atoms with Gasteiger partial charge in [0.15, 0.2) is 0 Å².